The van der Waals surface area contributed by atoms with Crippen molar-refractivity contribution in [1.29, 1.82) is 0 Å². The van der Waals surface area contributed by atoms with Crippen molar-refractivity contribution in [3.8, 4) is 5.75 Å². The molecule has 150 valence electrons. The van der Waals surface area contributed by atoms with E-state index >= 15 is 0 Å². The van der Waals surface area contributed by atoms with Crippen LogP contribution in [0.15, 0.2) is 18.2 Å². The Balaban J connectivity index is 1.69. The molecular formula is C19H25F3N2O3. The molecule has 1 unspecified atom stereocenters. The summed E-state index contributed by atoms with van der Waals surface area (Å²) in [4.78, 5) is 15.1. The van der Waals surface area contributed by atoms with Crippen LogP contribution < -0.4 is 10.1 Å². The van der Waals surface area contributed by atoms with Gasteiger partial charge in [-0.25, -0.2) is 0 Å². The summed E-state index contributed by atoms with van der Waals surface area (Å²) in [7, 11) is 0. The fourth-order valence-electron chi connectivity index (χ4n) is 3.80. The number of morpholine rings is 1. The quantitative estimate of drug-likeness (QED) is 0.841. The molecule has 0 bridgehead atoms. The van der Waals surface area contributed by atoms with Gasteiger partial charge in [0.25, 0.3) is 0 Å². The molecule has 0 radical (unpaired) electrons. The molecule has 1 saturated heterocycles. The number of hydrogen-bond donors (Lipinski definition) is 1. The van der Waals surface area contributed by atoms with Crippen LogP contribution in [-0.2, 0) is 9.53 Å². The molecule has 0 spiro atoms. The van der Waals surface area contributed by atoms with E-state index in [1.165, 1.54) is 18.9 Å². The van der Waals surface area contributed by atoms with E-state index in [0.717, 1.165) is 19.4 Å². The summed E-state index contributed by atoms with van der Waals surface area (Å²) in [5.74, 6) is -0.0876. The van der Waals surface area contributed by atoms with Crippen LogP contribution in [0.1, 0.15) is 31.2 Å². The van der Waals surface area contributed by atoms with E-state index in [9.17, 15) is 18.0 Å². The van der Waals surface area contributed by atoms with E-state index in [1.54, 1.807) is 19.1 Å². The zero-order chi connectivity index (χ0) is 19.4. The highest BCUT2D eigenvalue weighted by molar-refractivity contribution is 5.96. The number of anilines is 1. The molecule has 1 amide bonds. The number of ether oxygens (including phenoxy) is 2. The van der Waals surface area contributed by atoms with Gasteiger partial charge in [-0.3, -0.25) is 9.69 Å². The number of carbonyl (C=O) groups excluding carboxylic acids is 1. The largest absolute Gasteiger partial charge is 0.484 e. The number of alkyl halides is 3. The second kappa shape index (κ2) is 8.48. The van der Waals surface area contributed by atoms with Gasteiger partial charge in [0.1, 0.15) is 11.8 Å². The van der Waals surface area contributed by atoms with Crippen LogP contribution in [0.5, 0.6) is 5.75 Å². The molecule has 27 heavy (non-hydrogen) atoms. The van der Waals surface area contributed by atoms with Gasteiger partial charge in [-0.1, -0.05) is 18.9 Å². The van der Waals surface area contributed by atoms with E-state index < -0.39 is 12.8 Å². The minimum atomic E-state index is -4.41. The van der Waals surface area contributed by atoms with Gasteiger partial charge < -0.3 is 14.8 Å². The van der Waals surface area contributed by atoms with Gasteiger partial charge in [0.15, 0.2) is 6.61 Å². The average molecular weight is 386 g/mol. The second-order valence-corrected chi connectivity index (χ2v) is 7.09. The van der Waals surface area contributed by atoms with Gasteiger partial charge in [-0.05, 0) is 31.9 Å². The van der Waals surface area contributed by atoms with E-state index in [2.05, 4.69) is 10.2 Å². The number of carbonyl (C=O) groups is 1. The van der Waals surface area contributed by atoms with Crippen molar-refractivity contribution in [2.24, 2.45) is 0 Å². The van der Waals surface area contributed by atoms with E-state index in [4.69, 9.17) is 9.47 Å². The highest BCUT2D eigenvalue weighted by atomic mass is 19.4. The first-order valence-electron chi connectivity index (χ1n) is 9.28. The van der Waals surface area contributed by atoms with Crippen LogP contribution in [0.4, 0.5) is 18.9 Å². The van der Waals surface area contributed by atoms with Gasteiger partial charge in [0.05, 0.1) is 13.2 Å². The van der Waals surface area contributed by atoms with Crippen molar-refractivity contribution in [1.82, 2.24) is 4.90 Å². The molecule has 0 aromatic heterocycles. The third-order valence-electron chi connectivity index (χ3n) is 5.20. The predicted octanol–water partition coefficient (Wildman–Crippen LogP) is 3.52. The van der Waals surface area contributed by atoms with Crippen molar-refractivity contribution in [3.05, 3.63) is 23.8 Å². The Bertz CT molecular complexity index is 660. The summed E-state index contributed by atoms with van der Waals surface area (Å²) in [6.07, 6.45) is 0.113. The van der Waals surface area contributed by atoms with Crippen molar-refractivity contribution < 1.29 is 27.4 Å². The number of rotatable bonds is 5. The predicted molar refractivity (Wildman–Crippen MR) is 94.9 cm³/mol. The summed E-state index contributed by atoms with van der Waals surface area (Å²) in [5.41, 5.74) is 0.927. The fourth-order valence-corrected chi connectivity index (χ4v) is 3.80. The fraction of sp³-hybridized carbons (Fsp3) is 0.632. The molecule has 1 aromatic rings. The molecule has 1 heterocycles. The van der Waals surface area contributed by atoms with E-state index in [-0.39, 0.29) is 17.7 Å². The molecule has 2 fully saturated rings. The monoisotopic (exact) mass is 386 g/mol. The molecule has 1 N–H and O–H groups in total. The number of benzene rings is 1. The van der Waals surface area contributed by atoms with E-state index in [1.807, 2.05) is 0 Å². The van der Waals surface area contributed by atoms with Crippen LogP contribution in [-0.4, -0.2) is 55.4 Å². The first-order valence-corrected chi connectivity index (χ1v) is 9.28. The summed E-state index contributed by atoms with van der Waals surface area (Å²) in [5, 5.41) is 2.85. The van der Waals surface area contributed by atoms with Crippen LogP contribution in [0.3, 0.4) is 0 Å². The highest BCUT2D eigenvalue weighted by Gasteiger charge is 2.35. The first kappa shape index (κ1) is 19.9. The lowest BCUT2D eigenvalue weighted by Gasteiger charge is -2.38. The third-order valence-corrected chi connectivity index (χ3v) is 5.20. The minimum Gasteiger partial charge on any atom is -0.484 e. The molecule has 1 aromatic carbocycles. The number of halogens is 3. The van der Waals surface area contributed by atoms with Crippen LogP contribution >= 0.6 is 0 Å². The Morgan fingerprint density at radius 1 is 1.33 bits per heavy atom. The van der Waals surface area contributed by atoms with E-state index in [0.29, 0.717) is 30.5 Å². The Morgan fingerprint density at radius 3 is 2.78 bits per heavy atom. The maximum Gasteiger partial charge on any atom is 0.422 e. The summed E-state index contributed by atoms with van der Waals surface area (Å²) < 4.78 is 47.6. The highest BCUT2D eigenvalue weighted by Crippen LogP contribution is 2.29. The molecule has 1 atom stereocenters. The van der Waals surface area contributed by atoms with Crippen molar-refractivity contribution in [3.63, 3.8) is 0 Å². The molecule has 3 rings (SSSR count). The van der Waals surface area contributed by atoms with Gasteiger partial charge in [0.2, 0.25) is 5.91 Å². The molecule has 2 aliphatic rings. The lowest BCUT2D eigenvalue weighted by molar-refractivity contribution is -0.153. The Hall–Kier alpha value is -1.80. The molecule has 1 aliphatic carbocycles. The number of nitrogens with one attached hydrogen (secondary N) is 1. The zero-order valence-electron chi connectivity index (χ0n) is 15.3. The molecule has 5 nitrogen and oxygen atoms in total. The van der Waals surface area contributed by atoms with Crippen LogP contribution in [0.2, 0.25) is 0 Å². The zero-order valence-corrected chi connectivity index (χ0v) is 15.3. The lowest BCUT2D eigenvalue weighted by Crippen LogP contribution is -2.55. The molecule has 8 heteroatoms. The normalized spacial score (nSPS) is 22.0. The molecule has 1 aliphatic heterocycles. The van der Waals surface area contributed by atoms with Gasteiger partial charge in [0, 0.05) is 23.8 Å². The smallest absolute Gasteiger partial charge is 0.422 e. The number of hydrogen-bond acceptors (Lipinski definition) is 4. The van der Waals surface area contributed by atoms with Crippen molar-refractivity contribution in [2.75, 3.05) is 31.7 Å². The number of amides is 1. The Kier molecular flexibility index (Phi) is 6.26. The maximum absolute atomic E-state index is 12.9. The number of nitrogens with zero attached hydrogens (tertiary/aromatic N) is 1. The molecule has 1 saturated carbocycles. The van der Waals surface area contributed by atoms with Crippen LogP contribution in [0.25, 0.3) is 0 Å². The van der Waals surface area contributed by atoms with Crippen LogP contribution in [0, 0.1) is 6.92 Å². The summed E-state index contributed by atoms with van der Waals surface area (Å²) in [6.45, 7) is 1.92. The topological polar surface area (TPSA) is 50.8 Å². The van der Waals surface area contributed by atoms with Crippen molar-refractivity contribution >= 4 is 11.6 Å². The van der Waals surface area contributed by atoms with Crippen molar-refractivity contribution in [2.45, 2.75) is 50.9 Å². The van der Waals surface area contributed by atoms with Gasteiger partial charge in [-0.2, -0.15) is 13.2 Å². The summed E-state index contributed by atoms with van der Waals surface area (Å²) in [6, 6.07) is 4.70. The average Bonchev–Trinajstić information content (AvgIpc) is 3.16. The molecular weight excluding hydrogens is 361 g/mol. The minimum absolute atomic E-state index is 0.109. The third kappa shape index (κ3) is 5.13. The second-order valence-electron chi connectivity index (χ2n) is 7.09. The van der Waals surface area contributed by atoms with Gasteiger partial charge >= 0.3 is 6.18 Å². The summed E-state index contributed by atoms with van der Waals surface area (Å²) >= 11 is 0. The first-order chi connectivity index (χ1) is 12.8. The SMILES string of the molecule is Cc1c(NC(=O)C2COCCN2C2CCCC2)cccc1OCC(F)(F)F. The maximum atomic E-state index is 12.9. The lowest BCUT2D eigenvalue weighted by atomic mass is 10.1. The Labute approximate surface area is 156 Å². The van der Waals surface area contributed by atoms with Gasteiger partial charge in [-0.15, -0.1) is 0 Å². The standard InChI is InChI=1S/C19H25F3N2O3/c1-13-15(7-4-8-17(13)27-12-19(20,21)22)23-18(25)16-11-26-10-9-24(16)14-5-2-3-6-14/h4,7-8,14,16H,2-3,5-6,9-12H2,1H3,(H,23,25). The Morgan fingerprint density at radius 2 is 2.07 bits per heavy atom.